The maximum atomic E-state index is 4.62. The highest BCUT2D eigenvalue weighted by molar-refractivity contribution is 5.41. The van der Waals surface area contributed by atoms with Crippen molar-refractivity contribution in [1.82, 2.24) is 15.3 Å². The van der Waals surface area contributed by atoms with E-state index in [0.717, 1.165) is 37.0 Å². The Labute approximate surface area is 116 Å². The molecule has 0 radical (unpaired) electrons. The van der Waals surface area contributed by atoms with E-state index >= 15 is 0 Å². The number of anilines is 1. The predicted molar refractivity (Wildman–Crippen MR) is 79.7 cm³/mol. The summed E-state index contributed by atoms with van der Waals surface area (Å²) in [6.45, 7) is 9.52. The van der Waals surface area contributed by atoms with Crippen LogP contribution in [0.4, 0.5) is 5.82 Å². The van der Waals surface area contributed by atoms with Crippen LogP contribution in [0.15, 0.2) is 6.07 Å². The monoisotopic (exact) mass is 262 g/mol. The molecule has 1 aliphatic heterocycles. The Hall–Kier alpha value is -1.16. The zero-order valence-corrected chi connectivity index (χ0v) is 12.4. The van der Waals surface area contributed by atoms with Gasteiger partial charge in [0, 0.05) is 30.9 Å². The molecule has 19 heavy (non-hydrogen) atoms. The minimum atomic E-state index is 0.578. The van der Waals surface area contributed by atoms with Crippen LogP contribution >= 0.6 is 0 Å². The van der Waals surface area contributed by atoms with Crippen LogP contribution in [0.25, 0.3) is 0 Å². The molecule has 1 aliphatic rings. The molecule has 2 heterocycles. The van der Waals surface area contributed by atoms with E-state index in [1.807, 2.05) is 13.8 Å². The number of nitrogens with zero attached hydrogens (tertiary/aromatic N) is 3. The SMILES string of the molecule is CCCNCC1CCCCN1c1cc(C)nc(C)n1. The molecule has 2 rings (SSSR count). The van der Waals surface area contributed by atoms with E-state index < -0.39 is 0 Å². The summed E-state index contributed by atoms with van der Waals surface area (Å²) in [5.74, 6) is 1.98. The molecule has 1 aromatic rings. The third kappa shape index (κ3) is 3.90. The van der Waals surface area contributed by atoms with Crippen molar-refractivity contribution in [2.75, 3.05) is 24.5 Å². The highest BCUT2D eigenvalue weighted by Gasteiger charge is 2.23. The van der Waals surface area contributed by atoms with Crippen LogP contribution in [0.5, 0.6) is 0 Å². The molecule has 0 bridgehead atoms. The van der Waals surface area contributed by atoms with Gasteiger partial charge in [0.2, 0.25) is 0 Å². The summed E-state index contributed by atoms with van der Waals surface area (Å²) in [4.78, 5) is 11.5. The van der Waals surface area contributed by atoms with Gasteiger partial charge in [-0.15, -0.1) is 0 Å². The first-order valence-corrected chi connectivity index (χ1v) is 7.50. The fraction of sp³-hybridized carbons (Fsp3) is 0.733. The first-order chi connectivity index (χ1) is 9.20. The molecular weight excluding hydrogens is 236 g/mol. The molecule has 4 heteroatoms. The van der Waals surface area contributed by atoms with Crippen molar-refractivity contribution in [2.45, 2.75) is 52.5 Å². The molecule has 1 atom stereocenters. The van der Waals surface area contributed by atoms with Gasteiger partial charge in [-0.05, 0) is 46.1 Å². The Balaban J connectivity index is 2.09. The predicted octanol–water partition coefficient (Wildman–Crippen LogP) is 2.45. The van der Waals surface area contributed by atoms with E-state index in [0.29, 0.717) is 6.04 Å². The quantitative estimate of drug-likeness (QED) is 0.828. The summed E-state index contributed by atoms with van der Waals surface area (Å²) in [5, 5.41) is 3.55. The van der Waals surface area contributed by atoms with Crippen LogP contribution in [0.1, 0.15) is 44.1 Å². The topological polar surface area (TPSA) is 41.0 Å². The van der Waals surface area contributed by atoms with Crippen LogP contribution in [-0.4, -0.2) is 35.6 Å². The first kappa shape index (κ1) is 14.3. The number of hydrogen-bond acceptors (Lipinski definition) is 4. The lowest BCUT2D eigenvalue weighted by molar-refractivity contribution is 0.432. The van der Waals surface area contributed by atoms with Crippen molar-refractivity contribution in [3.8, 4) is 0 Å². The van der Waals surface area contributed by atoms with Gasteiger partial charge in [0.1, 0.15) is 11.6 Å². The Morgan fingerprint density at radius 3 is 2.89 bits per heavy atom. The minimum absolute atomic E-state index is 0.578. The number of piperidine rings is 1. The molecule has 106 valence electrons. The Bertz CT molecular complexity index is 385. The standard InChI is InChI=1S/C15H26N4/c1-4-8-16-11-14-7-5-6-9-19(14)15-10-12(2)17-13(3)18-15/h10,14,16H,4-9,11H2,1-3H3. The summed E-state index contributed by atoms with van der Waals surface area (Å²) in [7, 11) is 0. The normalized spacial score (nSPS) is 19.7. The summed E-state index contributed by atoms with van der Waals surface area (Å²) in [5.41, 5.74) is 1.06. The second kappa shape index (κ2) is 6.85. The smallest absolute Gasteiger partial charge is 0.132 e. The molecule has 0 saturated carbocycles. The maximum absolute atomic E-state index is 4.62. The largest absolute Gasteiger partial charge is 0.352 e. The van der Waals surface area contributed by atoms with Crippen molar-refractivity contribution in [3.63, 3.8) is 0 Å². The molecule has 0 spiro atoms. The molecule has 1 fully saturated rings. The highest BCUT2D eigenvalue weighted by Crippen LogP contribution is 2.23. The maximum Gasteiger partial charge on any atom is 0.132 e. The van der Waals surface area contributed by atoms with Crippen molar-refractivity contribution in [2.24, 2.45) is 0 Å². The lowest BCUT2D eigenvalue weighted by Gasteiger charge is -2.37. The molecule has 1 aromatic heterocycles. The fourth-order valence-corrected chi connectivity index (χ4v) is 2.80. The number of aryl methyl sites for hydroxylation is 2. The third-order valence-corrected chi connectivity index (χ3v) is 3.68. The Kier molecular flexibility index (Phi) is 5.14. The van der Waals surface area contributed by atoms with E-state index in [1.165, 1.54) is 25.7 Å². The number of nitrogens with one attached hydrogen (secondary N) is 1. The summed E-state index contributed by atoms with van der Waals surface area (Å²) in [6.07, 6.45) is 5.06. The Morgan fingerprint density at radius 1 is 1.32 bits per heavy atom. The second-order valence-electron chi connectivity index (χ2n) is 5.46. The minimum Gasteiger partial charge on any atom is -0.352 e. The van der Waals surface area contributed by atoms with Gasteiger partial charge in [0.05, 0.1) is 0 Å². The van der Waals surface area contributed by atoms with Gasteiger partial charge in [-0.25, -0.2) is 9.97 Å². The summed E-state index contributed by atoms with van der Waals surface area (Å²) < 4.78 is 0. The van der Waals surface area contributed by atoms with Gasteiger partial charge in [-0.2, -0.15) is 0 Å². The van der Waals surface area contributed by atoms with Gasteiger partial charge in [-0.1, -0.05) is 6.92 Å². The molecule has 1 saturated heterocycles. The van der Waals surface area contributed by atoms with Gasteiger partial charge >= 0.3 is 0 Å². The van der Waals surface area contributed by atoms with Crippen molar-refractivity contribution in [3.05, 3.63) is 17.6 Å². The van der Waals surface area contributed by atoms with Crippen LogP contribution in [-0.2, 0) is 0 Å². The number of aromatic nitrogens is 2. The van der Waals surface area contributed by atoms with Crippen LogP contribution in [0.3, 0.4) is 0 Å². The highest BCUT2D eigenvalue weighted by atomic mass is 15.2. The second-order valence-corrected chi connectivity index (χ2v) is 5.46. The molecule has 1 unspecified atom stereocenters. The van der Waals surface area contributed by atoms with E-state index in [2.05, 4.69) is 33.2 Å². The number of hydrogen-bond donors (Lipinski definition) is 1. The lowest BCUT2D eigenvalue weighted by Crippen LogP contribution is -2.46. The first-order valence-electron chi connectivity index (χ1n) is 7.50. The van der Waals surface area contributed by atoms with Gasteiger partial charge < -0.3 is 10.2 Å². The molecule has 0 amide bonds. The Morgan fingerprint density at radius 2 is 2.16 bits per heavy atom. The average molecular weight is 262 g/mol. The van der Waals surface area contributed by atoms with E-state index in [-0.39, 0.29) is 0 Å². The zero-order valence-electron chi connectivity index (χ0n) is 12.4. The zero-order chi connectivity index (χ0) is 13.7. The van der Waals surface area contributed by atoms with Gasteiger partial charge in [-0.3, -0.25) is 0 Å². The third-order valence-electron chi connectivity index (χ3n) is 3.68. The molecule has 0 aliphatic carbocycles. The van der Waals surface area contributed by atoms with Crippen LogP contribution in [0, 0.1) is 13.8 Å². The molecular formula is C15H26N4. The summed E-state index contributed by atoms with van der Waals surface area (Å²) >= 11 is 0. The molecule has 0 aromatic carbocycles. The lowest BCUT2D eigenvalue weighted by atomic mass is 10.0. The van der Waals surface area contributed by atoms with E-state index in [1.54, 1.807) is 0 Å². The number of rotatable bonds is 5. The van der Waals surface area contributed by atoms with Crippen molar-refractivity contribution < 1.29 is 0 Å². The fourth-order valence-electron chi connectivity index (χ4n) is 2.80. The van der Waals surface area contributed by atoms with Crippen LogP contribution < -0.4 is 10.2 Å². The van der Waals surface area contributed by atoms with Crippen molar-refractivity contribution in [1.29, 1.82) is 0 Å². The molecule has 4 nitrogen and oxygen atoms in total. The average Bonchev–Trinajstić information content (AvgIpc) is 2.38. The van der Waals surface area contributed by atoms with Crippen LogP contribution in [0.2, 0.25) is 0 Å². The molecule has 1 N–H and O–H groups in total. The van der Waals surface area contributed by atoms with E-state index in [9.17, 15) is 0 Å². The van der Waals surface area contributed by atoms with Gasteiger partial charge in [0.25, 0.3) is 0 Å². The van der Waals surface area contributed by atoms with Crippen molar-refractivity contribution >= 4 is 5.82 Å². The summed E-state index contributed by atoms with van der Waals surface area (Å²) in [6, 6.07) is 2.69. The van der Waals surface area contributed by atoms with E-state index in [4.69, 9.17) is 0 Å². The van der Waals surface area contributed by atoms with Gasteiger partial charge in [0.15, 0.2) is 0 Å².